The predicted octanol–water partition coefficient (Wildman–Crippen LogP) is 4.23. The Kier molecular flexibility index (Phi) is 3.01. The highest BCUT2D eigenvalue weighted by atomic mass is 79.9. The van der Waals surface area contributed by atoms with Crippen molar-refractivity contribution in [2.75, 3.05) is 14.2 Å². The van der Waals surface area contributed by atoms with Gasteiger partial charge in [-0.15, -0.1) is 0 Å². The molecule has 0 aromatic heterocycles. The van der Waals surface area contributed by atoms with Crippen molar-refractivity contribution in [1.82, 2.24) is 0 Å². The van der Waals surface area contributed by atoms with Crippen LogP contribution in [0.3, 0.4) is 0 Å². The minimum atomic E-state index is -0.794. The van der Waals surface area contributed by atoms with Crippen LogP contribution in [0.2, 0.25) is 0 Å². The number of ether oxygens (including phenoxy) is 2. The van der Waals surface area contributed by atoms with E-state index in [4.69, 9.17) is 9.47 Å². The summed E-state index contributed by atoms with van der Waals surface area (Å²) < 4.78 is 12.6. The first-order chi connectivity index (χ1) is 9.12. The fraction of sp³-hybridized carbons (Fsp3) is 0.250. The van der Waals surface area contributed by atoms with Crippen LogP contribution < -0.4 is 0 Å². The second-order valence-corrected chi connectivity index (χ2v) is 5.68. The van der Waals surface area contributed by atoms with Gasteiger partial charge >= 0.3 is 0 Å². The lowest BCUT2D eigenvalue weighted by Crippen LogP contribution is -2.29. The van der Waals surface area contributed by atoms with E-state index in [0.717, 1.165) is 21.2 Å². The molecule has 0 spiro atoms. The predicted molar refractivity (Wildman–Crippen MR) is 79.1 cm³/mol. The third kappa shape index (κ3) is 1.69. The van der Waals surface area contributed by atoms with Crippen molar-refractivity contribution in [1.29, 1.82) is 0 Å². The number of benzene rings is 2. The first kappa shape index (κ1) is 12.9. The monoisotopic (exact) mass is 318 g/mol. The molecule has 0 amide bonds. The van der Waals surface area contributed by atoms with Gasteiger partial charge in [-0.2, -0.15) is 0 Å². The van der Waals surface area contributed by atoms with Gasteiger partial charge in [-0.05, 0) is 36.2 Å². The highest BCUT2D eigenvalue weighted by Gasteiger charge is 2.44. The van der Waals surface area contributed by atoms with Crippen LogP contribution in [-0.2, 0) is 15.3 Å². The standard InChI is InChI=1S/C16H15BrO2/c1-10-4-6-12-13-9-11(17)5-7-14(13)16(18-2,19-3)15(12)8-10/h4-9H,1-3H3. The highest BCUT2D eigenvalue weighted by molar-refractivity contribution is 9.10. The maximum absolute atomic E-state index is 5.76. The molecule has 3 rings (SSSR count). The largest absolute Gasteiger partial charge is 0.346 e. The van der Waals surface area contributed by atoms with Crippen molar-refractivity contribution in [3.63, 3.8) is 0 Å². The Morgan fingerprint density at radius 2 is 1.63 bits per heavy atom. The smallest absolute Gasteiger partial charge is 0.223 e. The van der Waals surface area contributed by atoms with E-state index < -0.39 is 5.79 Å². The molecule has 98 valence electrons. The molecule has 0 bridgehead atoms. The van der Waals surface area contributed by atoms with Crippen LogP contribution in [0.25, 0.3) is 11.1 Å². The average Bonchev–Trinajstić information content (AvgIpc) is 2.68. The van der Waals surface area contributed by atoms with Gasteiger partial charge in [-0.1, -0.05) is 39.7 Å². The number of aryl methyl sites for hydroxylation is 1. The van der Waals surface area contributed by atoms with E-state index in [-0.39, 0.29) is 0 Å². The zero-order valence-corrected chi connectivity index (χ0v) is 12.7. The van der Waals surface area contributed by atoms with Gasteiger partial charge in [-0.3, -0.25) is 0 Å². The van der Waals surface area contributed by atoms with Crippen molar-refractivity contribution >= 4 is 15.9 Å². The van der Waals surface area contributed by atoms with E-state index in [1.165, 1.54) is 11.1 Å². The summed E-state index contributed by atoms with van der Waals surface area (Å²) in [6.07, 6.45) is 0. The molecule has 0 fully saturated rings. The van der Waals surface area contributed by atoms with E-state index in [1.54, 1.807) is 14.2 Å². The second-order valence-electron chi connectivity index (χ2n) is 4.76. The number of hydrogen-bond acceptors (Lipinski definition) is 2. The molecular formula is C16H15BrO2. The Balaban J connectivity index is 2.38. The summed E-state index contributed by atoms with van der Waals surface area (Å²) in [7, 11) is 3.37. The molecule has 19 heavy (non-hydrogen) atoms. The van der Waals surface area contributed by atoms with Gasteiger partial charge in [0.05, 0.1) is 0 Å². The van der Waals surface area contributed by atoms with E-state index >= 15 is 0 Å². The summed E-state index contributed by atoms with van der Waals surface area (Å²) in [5.74, 6) is -0.794. The van der Waals surface area contributed by atoms with Gasteiger partial charge < -0.3 is 9.47 Å². The van der Waals surface area contributed by atoms with Gasteiger partial charge in [-0.25, -0.2) is 0 Å². The molecule has 2 aromatic rings. The lowest BCUT2D eigenvalue weighted by molar-refractivity contribution is -0.180. The number of hydrogen-bond donors (Lipinski definition) is 0. The fourth-order valence-corrected chi connectivity index (χ4v) is 3.22. The van der Waals surface area contributed by atoms with Crippen LogP contribution in [0, 0.1) is 6.92 Å². The summed E-state index contributed by atoms with van der Waals surface area (Å²) in [6, 6.07) is 12.6. The molecule has 0 heterocycles. The molecule has 0 saturated carbocycles. The summed E-state index contributed by atoms with van der Waals surface area (Å²) >= 11 is 3.53. The molecule has 1 aliphatic rings. The van der Waals surface area contributed by atoms with Crippen molar-refractivity contribution < 1.29 is 9.47 Å². The van der Waals surface area contributed by atoms with Crippen molar-refractivity contribution in [3.05, 3.63) is 57.6 Å². The van der Waals surface area contributed by atoms with E-state index in [1.807, 2.05) is 6.07 Å². The number of halogens is 1. The molecule has 0 aliphatic heterocycles. The molecule has 2 nitrogen and oxygen atoms in total. The van der Waals surface area contributed by atoms with Gasteiger partial charge in [0.25, 0.3) is 0 Å². The minimum Gasteiger partial charge on any atom is -0.346 e. The van der Waals surface area contributed by atoms with Gasteiger partial charge in [0, 0.05) is 29.8 Å². The average molecular weight is 319 g/mol. The first-order valence-corrected chi connectivity index (χ1v) is 6.93. The van der Waals surface area contributed by atoms with Crippen LogP contribution >= 0.6 is 15.9 Å². The van der Waals surface area contributed by atoms with Crippen LogP contribution in [0.1, 0.15) is 16.7 Å². The SMILES string of the molecule is COC1(OC)c2ccc(Br)cc2-c2ccc(C)cc21. The molecular weight excluding hydrogens is 304 g/mol. The van der Waals surface area contributed by atoms with Crippen molar-refractivity contribution in [2.24, 2.45) is 0 Å². The molecule has 0 N–H and O–H groups in total. The normalized spacial score (nSPS) is 15.2. The Hall–Kier alpha value is -1.16. The maximum Gasteiger partial charge on any atom is 0.223 e. The van der Waals surface area contributed by atoms with Crippen LogP contribution in [-0.4, -0.2) is 14.2 Å². The summed E-state index contributed by atoms with van der Waals surface area (Å²) in [6.45, 7) is 2.08. The quantitative estimate of drug-likeness (QED) is 0.771. The van der Waals surface area contributed by atoms with Crippen molar-refractivity contribution in [2.45, 2.75) is 12.7 Å². The molecule has 3 heteroatoms. The number of methoxy groups -OCH3 is 2. The van der Waals surface area contributed by atoms with E-state index in [2.05, 4.69) is 53.2 Å². The summed E-state index contributed by atoms with van der Waals surface area (Å²) in [5.41, 5.74) is 5.66. The molecule has 2 aromatic carbocycles. The molecule has 0 saturated heterocycles. The Labute approximate surface area is 121 Å². The molecule has 0 unspecified atom stereocenters. The minimum absolute atomic E-state index is 0.794. The summed E-state index contributed by atoms with van der Waals surface area (Å²) in [4.78, 5) is 0. The number of rotatable bonds is 2. The maximum atomic E-state index is 5.76. The molecule has 0 radical (unpaired) electrons. The van der Waals surface area contributed by atoms with Crippen LogP contribution in [0.4, 0.5) is 0 Å². The van der Waals surface area contributed by atoms with Crippen molar-refractivity contribution in [3.8, 4) is 11.1 Å². The Morgan fingerprint density at radius 1 is 0.895 bits per heavy atom. The third-order valence-corrected chi connectivity index (χ3v) is 4.22. The van der Waals surface area contributed by atoms with E-state index in [9.17, 15) is 0 Å². The fourth-order valence-electron chi connectivity index (χ4n) is 2.86. The topological polar surface area (TPSA) is 18.5 Å². The lowest BCUT2D eigenvalue weighted by atomic mass is 10.0. The first-order valence-electron chi connectivity index (χ1n) is 6.14. The highest BCUT2D eigenvalue weighted by Crippen LogP contribution is 2.50. The zero-order chi connectivity index (χ0) is 13.6. The van der Waals surface area contributed by atoms with Gasteiger partial charge in [0.2, 0.25) is 5.79 Å². The Bertz CT molecular complexity index is 645. The zero-order valence-electron chi connectivity index (χ0n) is 11.2. The lowest BCUT2D eigenvalue weighted by Gasteiger charge is -2.28. The van der Waals surface area contributed by atoms with Crippen LogP contribution in [0.15, 0.2) is 40.9 Å². The molecule has 1 aliphatic carbocycles. The van der Waals surface area contributed by atoms with Crippen LogP contribution in [0.5, 0.6) is 0 Å². The van der Waals surface area contributed by atoms with Gasteiger partial charge in [0.1, 0.15) is 0 Å². The third-order valence-electron chi connectivity index (χ3n) is 3.73. The Morgan fingerprint density at radius 3 is 2.32 bits per heavy atom. The second kappa shape index (κ2) is 4.44. The van der Waals surface area contributed by atoms with E-state index in [0.29, 0.717) is 0 Å². The summed E-state index contributed by atoms with van der Waals surface area (Å²) in [5, 5.41) is 0. The molecule has 0 atom stereocenters. The van der Waals surface area contributed by atoms with Gasteiger partial charge in [0.15, 0.2) is 0 Å². The number of fused-ring (bicyclic) bond motifs is 3.